The number of amides is 2. The number of carbonyl (C=O) groups is 2. The van der Waals surface area contributed by atoms with Crippen molar-refractivity contribution in [3.05, 3.63) is 0 Å². The summed E-state index contributed by atoms with van der Waals surface area (Å²) in [5.74, 6) is -0.0376. The predicted octanol–water partition coefficient (Wildman–Crippen LogP) is 1.21. The molecule has 4 atom stereocenters. The quantitative estimate of drug-likeness (QED) is 0.702. The van der Waals surface area contributed by atoms with Gasteiger partial charge in [-0.05, 0) is 18.3 Å². The molecule has 0 aliphatic heterocycles. The van der Waals surface area contributed by atoms with Crippen LogP contribution in [0.3, 0.4) is 0 Å². The highest BCUT2D eigenvalue weighted by Crippen LogP contribution is 2.29. The van der Waals surface area contributed by atoms with Gasteiger partial charge in [-0.25, -0.2) is 9.59 Å². The minimum absolute atomic E-state index is 0.0334. The Bertz CT molecular complexity index is 322. The maximum absolute atomic E-state index is 11.7. The van der Waals surface area contributed by atoms with Crippen molar-refractivity contribution in [1.82, 2.24) is 10.6 Å². The largest absolute Gasteiger partial charge is 0.479 e. The van der Waals surface area contributed by atoms with Crippen LogP contribution in [-0.2, 0) is 9.53 Å². The molecule has 2 amide bonds. The molecule has 19 heavy (non-hydrogen) atoms. The number of carboxylic acid groups (broad SMARTS) is 1. The first-order chi connectivity index (χ1) is 8.95. The fourth-order valence-corrected chi connectivity index (χ4v) is 2.46. The molecule has 0 aromatic heterocycles. The zero-order chi connectivity index (χ0) is 14.4. The number of carbonyl (C=O) groups excluding carboxylic acids is 1. The molecule has 6 heteroatoms. The Labute approximate surface area is 113 Å². The van der Waals surface area contributed by atoms with E-state index in [1.807, 2.05) is 0 Å². The molecule has 1 aliphatic carbocycles. The summed E-state index contributed by atoms with van der Waals surface area (Å²) in [6, 6.07) is -0.163. The average Bonchev–Trinajstić information content (AvgIpc) is 2.35. The van der Waals surface area contributed by atoms with E-state index in [1.165, 1.54) is 13.5 Å². The van der Waals surface area contributed by atoms with E-state index in [-0.39, 0.29) is 18.6 Å². The van der Waals surface area contributed by atoms with E-state index in [0.29, 0.717) is 11.8 Å². The Morgan fingerprint density at radius 3 is 2.63 bits per heavy atom. The third-order valence-electron chi connectivity index (χ3n) is 4.03. The molecule has 1 rings (SSSR count). The van der Waals surface area contributed by atoms with Gasteiger partial charge < -0.3 is 20.5 Å². The molecule has 0 aromatic carbocycles. The van der Waals surface area contributed by atoms with Crippen LogP contribution >= 0.6 is 0 Å². The molecular formula is C13H24N2O4. The molecule has 0 saturated heterocycles. The highest BCUT2D eigenvalue weighted by Gasteiger charge is 2.28. The van der Waals surface area contributed by atoms with Crippen molar-refractivity contribution < 1.29 is 19.4 Å². The van der Waals surface area contributed by atoms with E-state index in [2.05, 4.69) is 24.5 Å². The molecule has 1 saturated carbocycles. The van der Waals surface area contributed by atoms with Crippen LogP contribution in [0.1, 0.15) is 33.1 Å². The molecule has 0 radical (unpaired) electrons. The van der Waals surface area contributed by atoms with Gasteiger partial charge in [-0.15, -0.1) is 0 Å². The third kappa shape index (κ3) is 4.70. The number of hydrogen-bond acceptors (Lipinski definition) is 3. The highest BCUT2D eigenvalue weighted by molar-refractivity contribution is 5.77. The normalized spacial score (nSPS) is 28.5. The SMILES string of the molecule is COC(CNC(=O)NC1CCCC(C)C1C)C(=O)O. The zero-order valence-corrected chi connectivity index (χ0v) is 11.8. The lowest BCUT2D eigenvalue weighted by Crippen LogP contribution is -2.50. The van der Waals surface area contributed by atoms with Gasteiger partial charge in [0.05, 0.1) is 6.54 Å². The second-order valence-electron chi connectivity index (χ2n) is 5.29. The second-order valence-corrected chi connectivity index (χ2v) is 5.29. The van der Waals surface area contributed by atoms with Gasteiger partial charge in [0.25, 0.3) is 0 Å². The summed E-state index contributed by atoms with van der Waals surface area (Å²) in [6.45, 7) is 4.31. The molecule has 0 spiro atoms. The highest BCUT2D eigenvalue weighted by atomic mass is 16.5. The van der Waals surface area contributed by atoms with Gasteiger partial charge in [0, 0.05) is 13.2 Å². The van der Waals surface area contributed by atoms with Crippen molar-refractivity contribution >= 4 is 12.0 Å². The average molecular weight is 272 g/mol. The number of methoxy groups -OCH3 is 1. The minimum atomic E-state index is -1.08. The van der Waals surface area contributed by atoms with Crippen LogP contribution in [0.2, 0.25) is 0 Å². The number of carboxylic acids is 1. The molecule has 6 nitrogen and oxygen atoms in total. The van der Waals surface area contributed by atoms with Crippen molar-refractivity contribution in [3.63, 3.8) is 0 Å². The molecule has 1 aliphatic rings. The minimum Gasteiger partial charge on any atom is -0.479 e. The van der Waals surface area contributed by atoms with Crippen molar-refractivity contribution in [2.45, 2.75) is 45.3 Å². The van der Waals surface area contributed by atoms with E-state index in [1.54, 1.807) is 0 Å². The Kier molecular flexibility index (Phi) is 6.08. The molecule has 3 N–H and O–H groups in total. The summed E-state index contributed by atoms with van der Waals surface area (Å²) in [4.78, 5) is 22.5. The lowest BCUT2D eigenvalue weighted by Gasteiger charge is -2.34. The molecular weight excluding hydrogens is 248 g/mol. The van der Waals surface area contributed by atoms with Gasteiger partial charge in [-0.1, -0.05) is 26.7 Å². The van der Waals surface area contributed by atoms with Crippen LogP contribution in [0.4, 0.5) is 4.79 Å². The molecule has 0 bridgehead atoms. The Morgan fingerprint density at radius 2 is 2.05 bits per heavy atom. The van der Waals surface area contributed by atoms with E-state index in [9.17, 15) is 9.59 Å². The van der Waals surface area contributed by atoms with Gasteiger partial charge in [0.2, 0.25) is 0 Å². The van der Waals surface area contributed by atoms with E-state index >= 15 is 0 Å². The smallest absolute Gasteiger partial charge is 0.334 e. The Hall–Kier alpha value is -1.30. The first-order valence-corrected chi connectivity index (χ1v) is 6.75. The number of hydrogen-bond donors (Lipinski definition) is 3. The van der Waals surface area contributed by atoms with E-state index in [4.69, 9.17) is 9.84 Å². The summed E-state index contributed by atoms with van der Waals surface area (Å²) >= 11 is 0. The van der Waals surface area contributed by atoms with Gasteiger partial charge in [-0.3, -0.25) is 0 Å². The number of rotatable bonds is 5. The fraction of sp³-hybridized carbons (Fsp3) is 0.846. The van der Waals surface area contributed by atoms with Crippen molar-refractivity contribution in [2.75, 3.05) is 13.7 Å². The summed E-state index contributed by atoms with van der Waals surface area (Å²) in [5.41, 5.74) is 0. The van der Waals surface area contributed by atoms with Crippen LogP contribution in [0.5, 0.6) is 0 Å². The Morgan fingerprint density at radius 1 is 1.37 bits per heavy atom. The van der Waals surface area contributed by atoms with Crippen molar-refractivity contribution in [3.8, 4) is 0 Å². The van der Waals surface area contributed by atoms with Crippen LogP contribution in [0.15, 0.2) is 0 Å². The maximum Gasteiger partial charge on any atom is 0.334 e. The van der Waals surface area contributed by atoms with Crippen LogP contribution in [0, 0.1) is 11.8 Å². The summed E-state index contributed by atoms with van der Waals surface area (Å²) in [7, 11) is 1.31. The van der Waals surface area contributed by atoms with Crippen molar-refractivity contribution in [2.24, 2.45) is 11.8 Å². The summed E-state index contributed by atoms with van der Waals surface area (Å²) in [5, 5.41) is 14.2. The monoisotopic (exact) mass is 272 g/mol. The number of aliphatic carboxylic acids is 1. The van der Waals surface area contributed by atoms with Crippen LogP contribution in [-0.4, -0.2) is 42.9 Å². The zero-order valence-electron chi connectivity index (χ0n) is 11.8. The van der Waals surface area contributed by atoms with Crippen molar-refractivity contribution in [1.29, 1.82) is 0 Å². The first kappa shape index (κ1) is 15.8. The molecule has 0 heterocycles. The maximum atomic E-state index is 11.7. The van der Waals surface area contributed by atoms with E-state index in [0.717, 1.165) is 12.8 Å². The van der Waals surface area contributed by atoms with E-state index < -0.39 is 12.1 Å². The number of ether oxygens (including phenoxy) is 1. The van der Waals surface area contributed by atoms with Gasteiger partial charge in [-0.2, -0.15) is 0 Å². The fourth-order valence-electron chi connectivity index (χ4n) is 2.46. The Balaban J connectivity index is 2.36. The lowest BCUT2D eigenvalue weighted by molar-refractivity contribution is -0.147. The number of nitrogens with one attached hydrogen (secondary N) is 2. The van der Waals surface area contributed by atoms with Crippen LogP contribution in [0.25, 0.3) is 0 Å². The molecule has 0 aromatic rings. The standard InChI is InChI=1S/C13H24N2O4/c1-8-5-4-6-10(9(8)2)15-13(18)14-7-11(19-3)12(16)17/h8-11H,4-7H2,1-3H3,(H,16,17)(H2,14,15,18). The predicted molar refractivity (Wildman–Crippen MR) is 70.9 cm³/mol. The third-order valence-corrected chi connectivity index (χ3v) is 4.03. The summed E-state index contributed by atoms with van der Waals surface area (Å²) in [6.07, 6.45) is 2.29. The summed E-state index contributed by atoms with van der Waals surface area (Å²) < 4.78 is 4.75. The second kappa shape index (κ2) is 7.33. The molecule has 110 valence electrons. The van der Waals surface area contributed by atoms with Gasteiger partial charge in [0.1, 0.15) is 0 Å². The topological polar surface area (TPSA) is 87.7 Å². The molecule has 1 fully saturated rings. The van der Waals surface area contributed by atoms with Gasteiger partial charge in [0.15, 0.2) is 6.10 Å². The molecule has 4 unspecified atom stereocenters. The van der Waals surface area contributed by atoms with Gasteiger partial charge >= 0.3 is 12.0 Å². The van der Waals surface area contributed by atoms with Crippen LogP contribution < -0.4 is 10.6 Å². The lowest BCUT2D eigenvalue weighted by atomic mass is 9.78. The number of urea groups is 1. The first-order valence-electron chi connectivity index (χ1n) is 6.75.